The van der Waals surface area contributed by atoms with Gasteiger partial charge < -0.3 is 10.2 Å². The number of carboxylic acid groups (broad SMARTS) is 2. The second-order valence-electron chi connectivity index (χ2n) is 7.23. The van der Waals surface area contributed by atoms with Gasteiger partial charge in [-0.05, 0) is 50.5 Å². The highest BCUT2D eigenvalue weighted by atomic mass is 35.5. The Labute approximate surface area is 176 Å². The number of nitrogens with zero attached hydrogens (tertiary/aromatic N) is 2. The summed E-state index contributed by atoms with van der Waals surface area (Å²) in [7, 11) is 0. The second-order valence-corrected chi connectivity index (χ2v) is 7.66. The number of alkyl halides is 3. The normalized spacial score (nSPS) is 22.3. The van der Waals surface area contributed by atoms with Gasteiger partial charge in [-0.1, -0.05) is 17.7 Å². The standard InChI is InChI=1S/C18H21ClN2O2.C2HF3O2/c1-11-5-6-16(18(22)23)12(2)21(11)10-14-9-15(19)8-13-4-3-7-20-17(13)14;3-2(4,5)1(6)7/h3-4,7-9,11-12,16H,5-6,10H2,1-2H3,(H,22,23);(H,6,7)/t11-,12+,16+;/m1./s1. The van der Waals surface area contributed by atoms with Crippen LogP contribution in [-0.2, 0) is 16.1 Å². The van der Waals surface area contributed by atoms with E-state index in [1.165, 1.54) is 0 Å². The van der Waals surface area contributed by atoms with Gasteiger partial charge in [0.05, 0.1) is 11.4 Å². The topological polar surface area (TPSA) is 90.7 Å². The molecule has 0 amide bonds. The van der Waals surface area contributed by atoms with Crippen molar-refractivity contribution in [3.63, 3.8) is 0 Å². The largest absolute Gasteiger partial charge is 0.490 e. The number of carboxylic acids is 2. The highest BCUT2D eigenvalue weighted by Crippen LogP contribution is 2.31. The average Bonchev–Trinajstić information content (AvgIpc) is 2.64. The van der Waals surface area contributed by atoms with Gasteiger partial charge in [-0.3, -0.25) is 14.7 Å². The van der Waals surface area contributed by atoms with Crippen molar-refractivity contribution in [2.24, 2.45) is 5.92 Å². The van der Waals surface area contributed by atoms with Gasteiger partial charge in [0.25, 0.3) is 0 Å². The molecule has 164 valence electrons. The first-order valence-electron chi connectivity index (χ1n) is 9.23. The molecule has 3 atom stereocenters. The van der Waals surface area contributed by atoms with E-state index >= 15 is 0 Å². The molecule has 1 aliphatic heterocycles. The fourth-order valence-corrected chi connectivity index (χ4v) is 3.88. The Kier molecular flexibility index (Phi) is 7.65. The minimum atomic E-state index is -5.08. The van der Waals surface area contributed by atoms with Crippen LogP contribution in [-0.4, -0.2) is 50.3 Å². The summed E-state index contributed by atoms with van der Waals surface area (Å²) in [4.78, 5) is 27.1. The first-order chi connectivity index (χ1) is 13.9. The third-order valence-corrected chi connectivity index (χ3v) is 5.45. The Morgan fingerprint density at radius 2 is 1.87 bits per heavy atom. The molecule has 1 aliphatic rings. The van der Waals surface area contributed by atoms with Crippen molar-refractivity contribution in [2.75, 3.05) is 0 Å². The van der Waals surface area contributed by atoms with Crippen LogP contribution in [0, 0.1) is 5.92 Å². The molecule has 1 aromatic heterocycles. The summed E-state index contributed by atoms with van der Waals surface area (Å²) in [5, 5.41) is 18.3. The predicted molar refractivity (Wildman–Crippen MR) is 105 cm³/mol. The van der Waals surface area contributed by atoms with Crippen LogP contribution in [0.2, 0.25) is 5.02 Å². The van der Waals surface area contributed by atoms with Crippen LogP contribution in [0.25, 0.3) is 10.9 Å². The van der Waals surface area contributed by atoms with E-state index in [-0.39, 0.29) is 12.0 Å². The highest BCUT2D eigenvalue weighted by molar-refractivity contribution is 6.31. The van der Waals surface area contributed by atoms with E-state index in [0.717, 1.165) is 29.3 Å². The number of carbonyl (C=O) groups is 2. The van der Waals surface area contributed by atoms with Gasteiger partial charge in [-0.25, -0.2) is 4.79 Å². The summed E-state index contributed by atoms with van der Waals surface area (Å²) in [5.74, 6) is -3.78. The van der Waals surface area contributed by atoms with E-state index in [0.29, 0.717) is 17.6 Å². The maximum absolute atomic E-state index is 11.5. The molecule has 2 aromatic rings. The van der Waals surface area contributed by atoms with E-state index in [4.69, 9.17) is 21.5 Å². The lowest BCUT2D eigenvalue weighted by Gasteiger charge is -2.42. The summed E-state index contributed by atoms with van der Waals surface area (Å²) in [6.07, 6.45) is -1.67. The van der Waals surface area contributed by atoms with Crippen molar-refractivity contribution in [3.05, 3.63) is 41.0 Å². The second kappa shape index (κ2) is 9.61. The molecular weight excluding hydrogens is 425 g/mol. The number of rotatable bonds is 3. The maximum atomic E-state index is 11.5. The zero-order chi connectivity index (χ0) is 22.6. The van der Waals surface area contributed by atoms with Crippen LogP contribution < -0.4 is 0 Å². The number of likely N-dealkylation sites (tertiary alicyclic amines) is 1. The SMILES string of the molecule is C[C@@H]1CC[C@H](C(=O)O)[C@H](C)N1Cc1cc(Cl)cc2cccnc12.O=C(O)C(F)(F)F. The first-order valence-corrected chi connectivity index (χ1v) is 9.61. The number of aliphatic carboxylic acids is 2. The lowest BCUT2D eigenvalue weighted by molar-refractivity contribution is -0.192. The fourth-order valence-electron chi connectivity index (χ4n) is 3.63. The summed E-state index contributed by atoms with van der Waals surface area (Å²) in [6, 6.07) is 8.10. The van der Waals surface area contributed by atoms with Gasteiger partial charge in [-0.15, -0.1) is 0 Å². The third-order valence-electron chi connectivity index (χ3n) is 5.23. The molecule has 0 unspecified atom stereocenters. The predicted octanol–water partition coefficient (Wildman–Crippen LogP) is 4.60. The zero-order valence-electron chi connectivity index (χ0n) is 16.4. The highest BCUT2D eigenvalue weighted by Gasteiger charge is 2.38. The monoisotopic (exact) mass is 446 g/mol. The van der Waals surface area contributed by atoms with Crippen molar-refractivity contribution >= 4 is 34.4 Å². The lowest BCUT2D eigenvalue weighted by Crippen LogP contribution is -2.50. The number of piperidine rings is 1. The molecule has 1 saturated heterocycles. The lowest BCUT2D eigenvalue weighted by atomic mass is 9.86. The van der Waals surface area contributed by atoms with Crippen LogP contribution >= 0.6 is 11.6 Å². The number of hydrogen-bond donors (Lipinski definition) is 2. The fraction of sp³-hybridized carbons (Fsp3) is 0.450. The number of benzene rings is 1. The van der Waals surface area contributed by atoms with Crippen molar-refractivity contribution in [1.29, 1.82) is 0 Å². The van der Waals surface area contributed by atoms with Gasteiger partial charge in [-0.2, -0.15) is 13.2 Å². The quantitative estimate of drug-likeness (QED) is 0.716. The number of hydrogen-bond acceptors (Lipinski definition) is 4. The third kappa shape index (κ3) is 5.82. The molecule has 6 nitrogen and oxygen atoms in total. The Hall–Kier alpha value is -2.39. The molecule has 1 aromatic carbocycles. The Morgan fingerprint density at radius 3 is 2.43 bits per heavy atom. The van der Waals surface area contributed by atoms with Gasteiger partial charge in [0.2, 0.25) is 0 Å². The van der Waals surface area contributed by atoms with E-state index < -0.39 is 18.1 Å². The van der Waals surface area contributed by atoms with Crippen molar-refractivity contribution in [3.8, 4) is 0 Å². The van der Waals surface area contributed by atoms with Crippen LogP contribution in [0.15, 0.2) is 30.5 Å². The molecule has 10 heteroatoms. The smallest absolute Gasteiger partial charge is 0.481 e. The van der Waals surface area contributed by atoms with E-state index in [1.54, 1.807) is 6.20 Å². The molecule has 2 N–H and O–H groups in total. The molecule has 0 bridgehead atoms. The van der Waals surface area contributed by atoms with Crippen molar-refractivity contribution in [2.45, 2.75) is 51.5 Å². The van der Waals surface area contributed by atoms with E-state index in [2.05, 4.69) is 16.8 Å². The Bertz CT molecular complexity index is 923. The number of pyridine rings is 1. The Morgan fingerprint density at radius 1 is 1.23 bits per heavy atom. The molecule has 0 saturated carbocycles. The summed E-state index contributed by atoms with van der Waals surface area (Å²) in [6.45, 7) is 4.84. The molecule has 3 rings (SSSR count). The summed E-state index contributed by atoms with van der Waals surface area (Å²) >= 11 is 6.25. The molecular formula is C20H22ClF3N2O4. The Balaban J connectivity index is 0.000000396. The number of aromatic nitrogens is 1. The summed E-state index contributed by atoms with van der Waals surface area (Å²) < 4.78 is 31.7. The van der Waals surface area contributed by atoms with Crippen LogP contribution in [0.3, 0.4) is 0 Å². The van der Waals surface area contributed by atoms with Crippen LogP contribution in [0.5, 0.6) is 0 Å². The van der Waals surface area contributed by atoms with Crippen LogP contribution in [0.4, 0.5) is 13.2 Å². The minimum Gasteiger partial charge on any atom is -0.481 e. The molecule has 30 heavy (non-hydrogen) atoms. The summed E-state index contributed by atoms with van der Waals surface area (Å²) in [5.41, 5.74) is 1.99. The van der Waals surface area contributed by atoms with Gasteiger partial charge in [0.15, 0.2) is 0 Å². The average molecular weight is 447 g/mol. The van der Waals surface area contributed by atoms with Gasteiger partial charge in [0, 0.05) is 35.2 Å². The molecule has 0 radical (unpaired) electrons. The minimum absolute atomic E-state index is 0.00556. The molecule has 0 spiro atoms. The van der Waals surface area contributed by atoms with E-state index in [9.17, 15) is 23.1 Å². The molecule has 1 fully saturated rings. The van der Waals surface area contributed by atoms with Crippen LogP contribution in [0.1, 0.15) is 32.3 Å². The number of halogens is 4. The molecule has 2 heterocycles. The van der Waals surface area contributed by atoms with Crippen molar-refractivity contribution in [1.82, 2.24) is 9.88 Å². The zero-order valence-corrected chi connectivity index (χ0v) is 17.1. The van der Waals surface area contributed by atoms with Crippen molar-refractivity contribution < 1.29 is 33.0 Å². The maximum Gasteiger partial charge on any atom is 0.490 e. The van der Waals surface area contributed by atoms with Gasteiger partial charge in [0.1, 0.15) is 0 Å². The molecule has 0 aliphatic carbocycles. The van der Waals surface area contributed by atoms with E-state index in [1.807, 2.05) is 31.2 Å². The van der Waals surface area contributed by atoms with Gasteiger partial charge >= 0.3 is 18.1 Å². The number of fused-ring (bicyclic) bond motifs is 1. The first kappa shape index (κ1) is 23.9.